The van der Waals surface area contributed by atoms with Crippen molar-refractivity contribution in [1.82, 2.24) is 14.4 Å². The standard InChI is InChI=1S/C12H18N4O/c1-3-4-9(2)8-17-12-11-14-5-6-16(11)7-10(13)15-12/h5-7,9H,3-4,8,13H2,1-2H3. The fourth-order valence-corrected chi connectivity index (χ4v) is 1.82. The van der Waals surface area contributed by atoms with Gasteiger partial charge in [0.15, 0.2) is 0 Å². The maximum Gasteiger partial charge on any atom is 0.260 e. The second kappa shape index (κ2) is 5.03. The number of imidazole rings is 1. The topological polar surface area (TPSA) is 65.4 Å². The molecule has 0 saturated heterocycles. The normalized spacial score (nSPS) is 12.8. The van der Waals surface area contributed by atoms with Gasteiger partial charge in [-0.25, -0.2) is 4.98 Å². The molecule has 0 saturated carbocycles. The van der Waals surface area contributed by atoms with Crippen molar-refractivity contribution in [2.45, 2.75) is 26.7 Å². The highest BCUT2D eigenvalue weighted by molar-refractivity contribution is 5.52. The van der Waals surface area contributed by atoms with Crippen LogP contribution in [-0.4, -0.2) is 21.0 Å². The van der Waals surface area contributed by atoms with Gasteiger partial charge in [0, 0.05) is 12.4 Å². The van der Waals surface area contributed by atoms with Crippen molar-refractivity contribution in [1.29, 1.82) is 0 Å². The molecule has 0 aliphatic rings. The summed E-state index contributed by atoms with van der Waals surface area (Å²) < 4.78 is 7.52. The molecule has 0 fully saturated rings. The van der Waals surface area contributed by atoms with Gasteiger partial charge in [0.05, 0.1) is 12.8 Å². The summed E-state index contributed by atoms with van der Waals surface area (Å²) in [4.78, 5) is 8.38. The van der Waals surface area contributed by atoms with Crippen LogP contribution in [0.2, 0.25) is 0 Å². The number of fused-ring (bicyclic) bond motifs is 1. The summed E-state index contributed by atoms with van der Waals surface area (Å²) in [5.41, 5.74) is 6.42. The number of hydrogen-bond donors (Lipinski definition) is 1. The number of nitrogens with zero attached hydrogens (tertiary/aromatic N) is 3. The van der Waals surface area contributed by atoms with E-state index in [0.717, 1.165) is 12.8 Å². The van der Waals surface area contributed by atoms with Crippen LogP contribution in [0.1, 0.15) is 26.7 Å². The first kappa shape index (κ1) is 11.7. The molecule has 2 rings (SSSR count). The van der Waals surface area contributed by atoms with E-state index in [4.69, 9.17) is 10.5 Å². The zero-order chi connectivity index (χ0) is 12.3. The second-order valence-corrected chi connectivity index (χ2v) is 4.33. The molecule has 5 nitrogen and oxygen atoms in total. The zero-order valence-corrected chi connectivity index (χ0v) is 10.3. The molecule has 1 unspecified atom stereocenters. The molecule has 0 bridgehead atoms. The molecule has 2 aromatic heterocycles. The third-order valence-electron chi connectivity index (χ3n) is 2.65. The van der Waals surface area contributed by atoms with Crippen LogP contribution in [0.25, 0.3) is 5.65 Å². The lowest BCUT2D eigenvalue weighted by Crippen LogP contribution is -2.10. The molecule has 2 N–H and O–H groups in total. The van der Waals surface area contributed by atoms with Gasteiger partial charge in [0.2, 0.25) is 5.65 Å². The van der Waals surface area contributed by atoms with Crippen molar-refractivity contribution in [3.8, 4) is 5.88 Å². The minimum Gasteiger partial charge on any atom is -0.475 e. The fraction of sp³-hybridized carbons (Fsp3) is 0.500. The number of nitrogen functional groups attached to an aromatic ring is 1. The molecule has 0 amide bonds. The van der Waals surface area contributed by atoms with E-state index in [2.05, 4.69) is 23.8 Å². The Bertz CT molecular complexity index is 494. The largest absolute Gasteiger partial charge is 0.475 e. The first-order valence-electron chi connectivity index (χ1n) is 5.92. The second-order valence-electron chi connectivity index (χ2n) is 4.33. The van der Waals surface area contributed by atoms with Gasteiger partial charge in [-0.3, -0.25) is 4.40 Å². The van der Waals surface area contributed by atoms with E-state index in [1.165, 1.54) is 0 Å². The van der Waals surface area contributed by atoms with E-state index in [9.17, 15) is 0 Å². The van der Waals surface area contributed by atoms with Crippen LogP contribution in [0.15, 0.2) is 18.6 Å². The van der Waals surface area contributed by atoms with E-state index in [-0.39, 0.29) is 0 Å². The summed E-state index contributed by atoms with van der Waals surface area (Å²) in [6.07, 6.45) is 7.57. The predicted octanol–water partition coefficient (Wildman–Crippen LogP) is 2.13. The number of aromatic nitrogens is 3. The van der Waals surface area contributed by atoms with Crippen LogP contribution in [0.4, 0.5) is 5.82 Å². The summed E-state index contributed by atoms with van der Waals surface area (Å²) in [5.74, 6) is 1.46. The van der Waals surface area contributed by atoms with Crippen molar-refractivity contribution in [3.05, 3.63) is 18.6 Å². The molecule has 2 aromatic rings. The summed E-state index contributed by atoms with van der Waals surface area (Å²) in [6, 6.07) is 0. The highest BCUT2D eigenvalue weighted by atomic mass is 16.5. The minimum absolute atomic E-state index is 0.439. The summed E-state index contributed by atoms with van der Waals surface area (Å²) >= 11 is 0. The average Bonchev–Trinajstić information content (AvgIpc) is 2.74. The van der Waals surface area contributed by atoms with Gasteiger partial charge in [0.1, 0.15) is 5.82 Å². The monoisotopic (exact) mass is 234 g/mol. The SMILES string of the molecule is CCCC(C)COc1nc(N)cn2ccnc12. The van der Waals surface area contributed by atoms with E-state index >= 15 is 0 Å². The Balaban J connectivity index is 2.14. The molecule has 0 spiro atoms. The Hall–Kier alpha value is -1.78. The quantitative estimate of drug-likeness (QED) is 0.860. The highest BCUT2D eigenvalue weighted by Crippen LogP contribution is 2.18. The first-order chi connectivity index (χ1) is 8.20. The van der Waals surface area contributed by atoms with Crippen LogP contribution in [0.3, 0.4) is 0 Å². The molecule has 1 atom stereocenters. The van der Waals surface area contributed by atoms with Crippen LogP contribution in [-0.2, 0) is 0 Å². The predicted molar refractivity (Wildman–Crippen MR) is 67.0 cm³/mol. The first-order valence-corrected chi connectivity index (χ1v) is 5.92. The van der Waals surface area contributed by atoms with Crippen molar-refractivity contribution in [2.24, 2.45) is 5.92 Å². The fourth-order valence-electron chi connectivity index (χ4n) is 1.82. The molecule has 0 radical (unpaired) electrons. The van der Waals surface area contributed by atoms with E-state index in [1.807, 2.05) is 10.6 Å². The van der Waals surface area contributed by atoms with Crippen LogP contribution >= 0.6 is 0 Å². The van der Waals surface area contributed by atoms with Gasteiger partial charge >= 0.3 is 0 Å². The van der Waals surface area contributed by atoms with Gasteiger partial charge < -0.3 is 10.5 Å². The lowest BCUT2D eigenvalue weighted by molar-refractivity contribution is 0.245. The Morgan fingerprint density at radius 2 is 2.35 bits per heavy atom. The molecular formula is C12H18N4O. The van der Waals surface area contributed by atoms with Crippen molar-refractivity contribution >= 4 is 11.5 Å². The maximum absolute atomic E-state index is 5.71. The van der Waals surface area contributed by atoms with Crippen LogP contribution in [0.5, 0.6) is 5.88 Å². The lowest BCUT2D eigenvalue weighted by atomic mass is 10.1. The Kier molecular flexibility index (Phi) is 3.46. The van der Waals surface area contributed by atoms with Gasteiger partial charge in [-0.1, -0.05) is 20.3 Å². The number of anilines is 1. The van der Waals surface area contributed by atoms with Crippen LogP contribution in [0, 0.1) is 5.92 Å². The molecule has 17 heavy (non-hydrogen) atoms. The van der Waals surface area contributed by atoms with Crippen molar-refractivity contribution < 1.29 is 4.74 Å². The molecule has 2 heterocycles. The molecule has 0 aromatic carbocycles. The summed E-state index contributed by atoms with van der Waals surface area (Å²) in [5, 5.41) is 0. The summed E-state index contributed by atoms with van der Waals surface area (Å²) in [7, 11) is 0. The number of ether oxygens (including phenoxy) is 1. The third kappa shape index (κ3) is 2.67. The maximum atomic E-state index is 5.71. The molecule has 0 aliphatic heterocycles. The number of rotatable bonds is 5. The molecular weight excluding hydrogens is 216 g/mol. The lowest BCUT2D eigenvalue weighted by Gasteiger charge is -2.12. The van der Waals surface area contributed by atoms with E-state index < -0.39 is 0 Å². The van der Waals surface area contributed by atoms with Gasteiger partial charge in [0.25, 0.3) is 5.88 Å². The van der Waals surface area contributed by atoms with Gasteiger partial charge in [-0.15, -0.1) is 0 Å². The zero-order valence-electron chi connectivity index (χ0n) is 10.3. The summed E-state index contributed by atoms with van der Waals surface area (Å²) in [6.45, 7) is 4.98. The average molecular weight is 234 g/mol. The van der Waals surface area contributed by atoms with Gasteiger partial charge in [-0.05, 0) is 12.3 Å². The van der Waals surface area contributed by atoms with E-state index in [1.54, 1.807) is 12.4 Å². The molecule has 92 valence electrons. The Morgan fingerprint density at radius 1 is 1.53 bits per heavy atom. The highest BCUT2D eigenvalue weighted by Gasteiger charge is 2.09. The van der Waals surface area contributed by atoms with E-state index in [0.29, 0.717) is 29.9 Å². The Labute approximate surface area is 101 Å². The number of hydrogen-bond acceptors (Lipinski definition) is 4. The van der Waals surface area contributed by atoms with Crippen LogP contribution < -0.4 is 10.5 Å². The van der Waals surface area contributed by atoms with Gasteiger partial charge in [-0.2, -0.15) is 4.98 Å². The number of nitrogens with two attached hydrogens (primary N) is 1. The molecule has 5 heteroatoms. The molecule has 0 aliphatic carbocycles. The van der Waals surface area contributed by atoms with Crippen molar-refractivity contribution in [3.63, 3.8) is 0 Å². The minimum atomic E-state index is 0.439. The van der Waals surface area contributed by atoms with Crippen molar-refractivity contribution in [2.75, 3.05) is 12.3 Å². The smallest absolute Gasteiger partial charge is 0.260 e. The third-order valence-corrected chi connectivity index (χ3v) is 2.65. The Morgan fingerprint density at radius 3 is 3.12 bits per heavy atom.